The maximum atomic E-state index is 11.7. The lowest BCUT2D eigenvalue weighted by Gasteiger charge is -2.08. The van der Waals surface area contributed by atoms with Crippen LogP contribution in [-0.2, 0) is 16.0 Å². The van der Waals surface area contributed by atoms with Gasteiger partial charge in [0.05, 0.1) is 6.10 Å². The number of epoxide rings is 1. The van der Waals surface area contributed by atoms with Crippen LogP contribution >= 0.6 is 0 Å². The number of aliphatic carboxylic acids is 1. The van der Waals surface area contributed by atoms with Crippen molar-refractivity contribution in [2.24, 2.45) is 0 Å². The fourth-order valence-corrected chi connectivity index (χ4v) is 4.18. The molecule has 2 unspecified atom stereocenters. The lowest BCUT2D eigenvalue weighted by Crippen LogP contribution is -2.29. The van der Waals surface area contributed by atoms with Crippen molar-refractivity contribution in [1.82, 2.24) is 0 Å². The van der Waals surface area contributed by atoms with Crippen molar-refractivity contribution in [3.63, 3.8) is 0 Å². The van der Waals surface area contributed by atoms with Crippen LogP contribution in [0.4, 0.5) is 0 Å². The summed E-state index contributed by atoms with van der Waals surface area (Å²) in [5, 5.41) is 9.61. The van der Waals surface area contributed by atoms with Gasteiger partial charge in [-0.1, -0.05) is 121 Å². The van der Waals surface area contributed by atoms with E-state index in [1.165, 1.54) is 77.0 Å². The first-order valence-corrected chi connectivity index (χ1v) is 11.6. The Morgan fingerprint density at radius 3 is 1.86 bits per heavy atom. The van der Waals surface area contributed by atoms with Gasteiger partial charge in [-0.2, -0.15) is 0 Å². The fourth-order valence-electron chi connectivity index (χ4n) is 4.18. The van der Waals surface area contributed by atoms with Crippen LogP contribution in [0.25, 0.3) is 0 Å². The normalized spacial score (nSPS) is 21.0. The van der Waals surface area contributed by atoms with Crippen LogP contribution < -0.4 is 0 Å². The molecular formula is C25H40O3. The van der Waals surface area contributed by atoms with E-state index in [0.717, 1.165) is 18.4 Å². The van der Waals surface area contributed by atoms with Crippen LogP contribution in [0.1, 0.15) is 102 Å². The largest absolute Gasteiger partial charge is 0.479 e. The standard InChI is InChI=1S/C25H40O3/c1-2-3-4-5-6-7-8-9-10-11-12-13-17-20-23-25(28-23,24(26)27)21-22-18-15-14-16-19-22/h14-16,18-19,23H,2-13,17,20-21H2,1H3,(H,26,27). The molecule has 0 saturated carbocycles. The minimum atomic E-state index is -0.974. The van der Waals surface area contributed by atoms with Gasteiger partial charge >= 0.3 is 5.97 Å². The van der Waals surface area contributed by atoms with Gasteiger partial charge in [0.25, 0.3) is 0 Å². The molecule has 1 aliphatic heterocycles. The molecule has 2 atom stereocenters. The van der Waals surface area contributed by atoms with Gasteiger partial charge in [-0.25, -0.2) is 4.79 Å². The van der Waals surface area contributed by atoms with Gasteiger partial charge in [-0.3, -0.25) is 0 Å². The van der Waals surface area contributed by atoms with Crippen molar-refractivity contribution in [2.75, 3.05) is 0 Å². The minimum Gasteiger partial charge on any atom is -0.479 e. The first kappa shape index (κ1) is 22.9. The number of carboxylic acids is 1. The van der Waals surface area contributed by atoms with Gasteiger partial charge in [-0.05, 0) is 12.0 Å². The number of rotatable bonds is 17. The topological polar surface area (TPSA) is 49.8 Å². The average Bonchev–Trinajstić information content (AvgIpc) is 3.40. The van der Waals surface area contributed by atoms with Gasteiger partial charge in [0, 0.05) is 6.42 Å². The molecule has 2 rings (SSSR count). The zero-order valence-electron chi connectivity index (χ0n) is 17.8. The highest BCUT2D eigenvalue weighted by atomic mass is 16.6. The maximum absolute atomic E-state index is 11.7. The second-order valence-corrected chi connectivity index (χ2v) is 8.49. The molecule has 158 valence electrons. The second-order valence-electron chi connectivity index (χ2n) is 8.49. The van der Waals surface area contributed by atoms with E-state index in [-0.39, 0.29) is 6.10 Å². The zero-order chi connectivity index (χ0) is 20.1. The van der Waals surface area contributed by atoms with Crippen molar-refractivity contribution < 1.29 is 14.6 Å². The average molecular weight is 389 g/mol. The molecule has 1 heterocycles. The molecule has 1 N–H and O–H groups in total. The summed E-state index contributed by atoms with van der Waals surface area (Å²) in [6.45, 7) is 2.27. The third-order valence-electron chi connectivity index (χ3n) is 6.06. The van der Waals surface area contributed by atoms with Crippen LogP contribution in [0.3, 0.4) is 0 Å². The molecular weight excluding hydrogens is 348 g/mol. The molecule has 3 nitrogen and oxygen atoms in total. The molecule has 1 aliphatic rings. The second kappa shape index (κ2) is 13.0. The molecule has 0 radical (unpaired) electrons. The maximum Gasteiger partial charge on any atom is 0.339 e. The Labute approximate surface area is 171 Å². The monoisotopic (exact) mass is 388 g/mol. The summed E-state index contributed by atoms with van der Waals surface area (Å²) in [6, 6.07) is 9.82. The van der Waals surface area contributed by atoms with Crippen LogP contribution in [0.15, 0.2) is 30.3 Å². The predicted octanol–water partition coefficient (Wildman–Crippen LogP) is 6.93. The van der Waals surface area contributed by atoms with Crippen molar-refractivity contribution in [3.05, 3.63) is 35.9 Å². The quantitative estimate of drug-likeness (QED) is 0.232. The molecule has 0 spiro atoms. The lowest BCUT2D eigenvalue weighted by molar-refractivity contribution is -0.143. The number of ether oxygens (including phenoxy) is 1. The number of unbranched alkanes of at least 4 members (excludes halogenated alkanes) is 12. The molecule has 3 heteroatoms. The third kappa shape index (κ3) is 7.95. The third-order valence-corrected chi connectivity index (χ3v) is 6.06. The van der Waals surface area contributed by atoms with Crippen molar-refractivity contribution in [3.8, 4) is 0 Å². The summed E-state index contributed by atoms with van der Waals surface area (Å²) < 4.78 is 5.68. The van der Waals surface area contributed by atoms with Crippen molar-refractivity contribution >= 4 is 5.97 Å². The first-order chi connectivity index (χ1) is 13.7. The number of hydrogen-bond acceptors (Lipinski definition) is 2. The van der Waals surface area contributed by atoms with E-state index in [1.54, 1.807) is 0 Å². The van der Waals surface area contributed by atoms with Crippen LogP contribution in [0, 0.1) is 0 Å². The molecule has 1 aromatic rings. The highest BCUT2D eigenvalue weighted by Gasteiger charge is 2.62. The van der Waals surface area contributed by atoms with Gasteiger partial charge < -0.3 is 9.84 Å². The molecule has 0 amide bonds. The van der Waals surface area contributed by atoms with E-state index in [1.807, 2.05) is 30.3 Å². The van der Waals surface area contributed by atoms with Gasteiger partial charge in [0.15, 0.2) is 5.60 Å². The minimum absolute atomic E-state index is 0.113. The summed E-state index contributed by atoms with van der Waals surface area (Å²) >= 11 is 0. The van der Waals surface area contributed by atoms with Crippen molar-refractivity contribution in [2.45, 2.75) is 115 Å². The van der Waals surface area contributed by atoms with Crippen LogP contribution in [0.5, 0.6) is 0 Å². The Kier molecular flexibility index (Phi) is 10.6. The molecule has 1 saturated heterocycles. The smallest absolute Gasteiger partial charge is 0.339 e. The number of carboxylic acid groups (broad SMARTS) is 1. The first-order valence-electron chi connectivity index (χ1n) is 11.6. The molecule has 1 fully saturated rings. The molecule has 0 aromatic heterocycles. The highest BCUT2D eigenvalue weighted by molar-refractivity contribution is 5.82. The van der Waals surface area contributed by atoms with E-state index in [9.17, 15) is 9.90 Å². The number of benzene rings is 1. The summed E-state index contributed by atoms with van der Waals surface area (Å²) in [5.41, 5.74) is 0.0659. The molecule has 0 bridgehead atoms. The van der Waals surface area contributed by atoms with E-state index in [0.29, 0.717) is 6.42 Å². The van der Waals surface area contributed by atoms with E-state index >= 15 is 0 Å². The summed E-state index contributed by atoms with van der Waals surface area (Å²) in [7, 11) is 0. The molecule has 1 aromatic carbocycles. The predicted molar refractivity (Wildman–Crippen MR) is 116 cm³/mol. The van der Waals surface area contributed by atoms with E-state index < -0.39 is 11.6 Å². The highest BCUT2D eigenvalue weighted by Crippen LogP contribution is 2.43. The summed E-state index contributed by atoms with van der Waals surface area (Å²) in [5.74, 6) is -0.809. The summed E-state index contributed by atoms with van der Waals surface area (Å²) in [6.07, 6.45) is 18.6. The molecule has 28 heavy (non-hydrogen) atoms. The fraction of sp³-hybridized carbons (Fsp3) is 0.720. The Hall–Kier alpha value is -1.35. The SMILES string of the molecule is CCCCCCCCCCCCCCCC1OC1(Cc1ccccc1)C(=O)O. The van der Waals surface area contributed by atoms with E-state index in [4.69, 9.17) is 4.74 Å². The Morgan fingerprint density at radius 1 is 0.857 bits per heavy atom. The summed E-state index contributed by atoms with van der Waals surface area (Å²) in [4.78, 5) is 11.7. The van der Waals surface area contributed by atoms with Gasteiger partial charge in [-0.15, -0.1) is 0 Å². The Bertz CT molecular complexity index is 542. The number of carbonyl (C=O) groups is 1. The van der Waals surface area contributed by atoms with E-state index in [2.05, 4.69) is 6.92 Å². The molecule has 0 aliphatic carbocycles. The van der Waals surface area contributed by atoms with Crippen LogP contribution in [0.2, 0.25) is 0 Å². The zero-order valence-corrected chi connectivity index (χ0v) is 17.8. The Morgan fingerprint density at radius 2 is 1.36 bits per heavy atom. The van der Waals surface area contributed by atoms with Crippen LogP contribution in [-0.4, -0.2) is 22.8 Å². The van der Waals surface area contributed by atoms with Gasteiger partial charge in [0.1, 0.15) is 0 Å². The van der Waals surface area contributed by atoms with Crippen molar-refractivity contribution in [1.29, 1.82) is 0 Å². The number of hydrogen-bond donors (Lipinski definition) is 1. The lowest BCUT2D eigenvalue weighted by atomic mass is 9.93. The van der Waals surface area contributed by atoms with Gasteiger partial charge in [0.2, 0.25) is 0 Å². The Balaban J connectivity index is 1.46.